The summed E-state index contributed by atoms with van der Waals surface area (Å²) in [7, 11) is 0. The average molecular weight is 217 g/mol. The minimum absolute atomic E-state index is 0.0153. The summed E-state index contributed by atoms with van der Waals surface area (Å²) in [6.45, 7) is 0.0153. The molecule has 14 heavy (non-hydrogen) atoms. The summed E-state index contributed by atoms with van der Waals surface area (Å²) in [5.41, 5.74) is 5.44. The molecule has 4 N–H and O–H groups in total. The van der Waals surface area contributed by atoms with Crippen molar-refractivity contribution in [1.29, 1.82) is 0 Å². The van der Waals surface area contributed by atoms with E-state index < -0.39 is 11.6 Å². The quantitative estimate of drug-likeness (QED) is 0.439. The second kappa shape index (κ2) is 4.30. The maximum atomic E-state index is 13.1. The van der Waals surface area contributed by atoms with Crippen LogP contribution in [-0.2, 0) is 6.54 Å². The first kappa shape index (κ1) is 10.8. The van der Waals surface area contributed by atoms with E-state index in [1.54, 1.807) is 0 Å². The van der Waals surface area contributed by atoms with Crippen molar-refractivity contribution in [3.8, 4) is 0 Å². The Hall–Kier alpha value is -1.27. The van der Waals surface area contributed by atoms with Gasteiger partial charge in [0, 0.05) is 11.6 Å². The van der Waals surface area contributed by atoms with Crippen LogP contribution >= 0.6 is 12.2 Å². The highest BCUT2D eigenvalue weighted by molar-refractivity contribution is 7.80. The Balaban J connectivity index is 2.82. The molecule has 0 unspecified atom stereocenters. The monoisotopic (exact) mass is 217 g/mol. The van der Waals surface area contributed by atoms with Gasteiger partial charge >= 0.3 is 0 Å². The normalized spacial score (nSPS) is 9.93. The number of halogens is 2. The maximum Gasteiger partial charge on any atom is 0.180 e. The molecule has 0 aliphatic heterocycles. The van der Waals surface area contributed by atoms with Gasteiger partial charge < -0.3 is 5.73 Å². The summed E-state index contributed by atoms with van der Waals surface area (Å²) in [5.74, 6) is 4.06. The van der Waals surface area contributed by atoms with Crippen LogP contribution in [0.25, 0.3) is 0 Å². The molecule has 0 fully saturated rings. The second-order valence-electron chi connectivity index (χ2n) is 2.70. The molecule has 0 atom stereocenters. The highest BCUT2D eigenvalue weighted by Crippen LogP contribution is 2.10. The molecule has 0 saturated carbocycles. The van der Waals surface area contributed by atoms with Crippen LogP contribution in [-0.4, -0.2) is 10.1 Å². The van der Waals surface area contributed by atoms with E-state index in [1.807, 2.05) is 0 Å². The molecule has 1 aromatic carbocycles. The van der Waals surface area contributed by atoms with E-state index in [-0.39, 0.29) is 17.2 Å². The first-order valence-corrected chi connectivity index (χ1v) is 4.17. The minimum atomic E-state index is -0.670. The lowest BCUT2D eigenvalue weighted by Crippen LogP contribution is -2.40. The number of thiocarbonyl (C=S) groups is 1. The van der Waals surface area contributed by atoms with Gasteiger partial charge in [0.15, 0.2) is 5.11 Å². The predicted molar refractivity (Wildman–Crippen MR) is 52.9 cm³/mol. The van der Waals surface area contributed by atoms with Crippen LogP contribution in [0.3, 0.4) is 0 Å². The highest BCUT2D eigenvalue weighted by Gasteiger charge is 2.07. The van der Waals surface area contributed by atoms with E-state index in [9.17, 15) is 8.78 Å². The number of rotatable bonds is 2. The molecule has 3 nitrogen and oxygen atoms in total. The summed E-state index contributed by atoms with van der Waals surface area (Å²) in [5, 5.41) is 0.958. The van der Waals surface area contributed by atoms with Gasteiger partial charge in [-0.3, -0.25) is 5.01 Å². The third-order valence-electron chi connectivity index (χ3n) is 1.64. The van der Waals surface area contributed by atoms with Crippen molar-refractivity contribution in [1.82, 2.24) is 5.01 Å². The highest BCUT2D eigenvalue weighted by atomic mass is 32.1. The number of hydrogen-bond donors (Lipinski definition) is 2. The van der Waals surface area contributed by atoms with E-state index in [0.717, 1.165) is 17.1 Å². The summed E-state index contributed by atoms with van der Waals surface area (Å²) in [4.78, 5) is 0. The Kier molecular flexibility index (Phi) is 3.32. The van der Waals surface area contributed by atoms with Crippen LogP contribution < -0.4 is 11.6 Å². The molecule has 1 rings (SSSR count). The second-order valence-corrected chi connectivity index (χ2v) is 3.12. The van der Waals surface area contributed by atoms with Gasteiger partial charge in [0.25, 0.3) is 0 Å². The van der Waals surface area contributed by atoms with Crippen LogP contribution in [0, 0.1) is 11.6 Å². The molecule has 76 valence electrons. The molecule has 0 bridgehead atoms. The van der Waals surface area contributed by atoms with Gasteiger partial charge in [-0.25, -0.2) is 14.6 Å². The fraction of sp³-hybridized carbons (Fsp3) is 0.125. The van der Waals surface area contributed by atoms with Crippen molar-refractivity contribution >= 4 is 17.3 Å². The molecule has 0 aliphatic carbocycles. The van der Waals surface area contributed by atoms with Crippen molar-refractivity contribution in [3.05, 3.63) is 35.4 Å². The van der Waals surface area contributed by atoms with Crippen LogP contribution in [0.5, 0.6) is 0 Å². The predicted octanol–water partition coefficient (Wildman–Crippen LogP) is 0.884. The fourth-order valence-electron chi connectivity index (χ4n) is 0.911. The SMILES string of the molecule is NC(=S)N(N)Cc1ccc(F)cc1F. The Labute approximate surface area is 85.3 Å². The van der Waals surface area contributed by atoms with Crippen molar-refractivity contribution in [2.24, 2.45) is 11.6 Å². The summed E-state index contributed by atoms with van der Waals surface area (Å²) in [6.07, 6.45) is 0. The molecule has 0 saturated heterocycles. The lowest BCUT2D eigenvalue weighted by atomic mass is 10.2. The van der Waals surface area contributed by atoms with Gasteiger partial charge in [0.05, 0.1) is 6.54 Å². The van der Waals surface area contributed by atoms with Gasteiger partial charge in [-0.05, 0) is 18.3 Å². The molecular weight excluding hydrogens is 208 g/mol. The summed E-state index contributed by atoms with van der Waals surface area (Å²) < 4.78 is 25.6. The van der Waals surface area contributed by atoms with Crippen LogP contribution in [0.1, 0.15) is 5.56 Å². The number of hydrogen-bond acceptors (Lipinski definition) is 2. The lowest BCUT2D eigenvalue weighted by molar-refractivity contribution is 0.423. The van der Waals surface area contributed by atoms with Gasteiger partial charge in [-0.2, -0.15) is 0 Å². The standard InChI is InChI=1S/C8H9F2N3S/c9-6-2-1-5(7(10)3-6)4-13(12)8(11)14/h1-3H,4,12H2,(H2,11,14). The maximum absolute atomic E-state index is 13.1. The zero-order valence-corrected chi connectivity index (χ0v) is 8.02. The zero-order valence-electron chi connectivity index (χ0n) is 7.21. The third-order valence-corrected chi connectivity index (χ3v) is 1.87. The number of hydrazine groups is 1. The first-order chi connectivity index (χ1) is 6.50. The molecule has 0 radical (unpaired) electrons. The largest absolute Gasteiger partial charge is 0.375 e. The van der Waals surface area contributed by atoms with E-state index in [4.69, 9.17) is 11.6 Å². The lowest BCUT2D eigenvalue weighted by Gasteiger charge is -2.16. The summed E-state index contributed by atoms with van der Waals surface area (Å²) >= 11 is 4.57. The smallest absolute Gasteiger partial charge is 0.180 e. The van der Waals surface area contributed by atoms with Crippen molar-refractivity contribution in [2.75, 3.05) is 0 Å². The number of nitrogens with zero attached hydrogens (tertiary/aromatic N) is 1. The van der Waals surface area contributed by atoms with E-state index in [0.29, 0.717) is 0 Å². The van der Waals surface area contributed by atoms with Gasteiger partial charge in [-0.1, -0.05) is 6.07 Å². The molecule has 6 heteroatoms. The topological polar surface area (TPSA) is 55.3 Å². The first-order valence-electron chi connectivity index (χ1n) is 3.76. The zero-order chi connectivity index (χ0) is 10.7. The van der Waals surface area contributed by atoms with Crippen LogP contribution in [0.4, 0.5) is 8.78 Å². The van der Waals surface area contributed by atoms with Gasteiger partial charge in [0.2, 0.25) is 0 Å². The van der Waals surface area contributed by atoms with Crippen LogP contribution in [0.15, 0.2) is 18.2 Å². The van der Waals surface area contributed by atoms with Crippen molar-refractivity contribution in [3.63, 3.8) is 0 Å². The average Bonchev–Trinajstić information content (AvgIpc) is 2.09. The molecule has 0 amide bonds. The van der Waals surface area contributed by atoms with Crippen LogP contribution in [0.2, 0.25) is 0 Å². The number of nitrogens with two attached hydrogens (primary N) is 2. The number of benzene rings is 1. The third kappa shape index (κ3) is 2.61. The molecule has 1 aromatic rings. The Morgan fingerprint density at radius 1 is 1.43 bits per heavy atom. The van der Waals surface area contributed by atoms with E-state index in [2.05, 4.69) is 12.2 Å². The van der Waals surface area contributed by atoms with Crippen molar-refractivity contribution < 1.29 is 8.78 Å². The van der Waals surface area contributed by atoms with Gasteiger partial charge in [0.1, 0.15) is 11.6 Å². The molecular formula is C8H9F2N3S. The Bertz CT molecular complexity index is 356. The van der Waals surface area contributed by atoms with Gasteiger partial charge in [-0.15, -0.1) is 0 Å². The van der Waals surface area contributed by atoms with Crippen molar-refractivity contribution in [2.45, 2.75) is 6.54 Å². The molecule has 0 heterocycles. The molecule has 0 aliphatic rings. The Morgan fingerprint density at radius 3 is 2.57 bits per heavy atom. The van der Waals surface area contributed by atoms with E-state index in [1.165, 1.54) is 6.07 Å². The fourth-order valence-corrected chi connectivity index (χ4v) is 0.976. The summed E-state index contributed by atoms with van der Waals surface area (Å²) in [6, 6.07) is 3.22. The Morgan fingerprint density at radius 2 is 2.07 bits per heavy atom. The molecule has 0 aromatic heterocycles. The van der Waals surface area contributed by atoms with E-state index >= 15 is 0 Å². The molecule has 0 spiro atoms. The minimum Gasteiger partial charge on any atom is -0.375 e.